The maximum absolute atomic E-state index is 12.7. The summed E-state index contributed by atoms with van der Waals surface area (Å²) in [6, 6.07) is 38.9. The highest BCUT2D eigenvalue weighted by Crippen LogP contribution is 2.27. The van der Waals surface area contributed by atoms with Crippen LogP contribution in [0.25, 0.3) is 11.1 Å². The topological polar surface area (TPSA) is 82.4 Å². The molecule has 0 bridgehead atoms. The summed E-state index contributed by atoms with van der Waals surface area (Å²) in [6.07, 6.45) is 11.3. The Kier molecular flexibility index (Phi) is 16.6. The van der Waals surface area contributed by atoms with Crippen molar-refractivity contribution in [1.82, 2.24) is 15.5 Å². The molecular weight excluding hydrogens is 578 g/mol. The van der Waals surface area contributed by atoms with Gasteiger partial charge in [-0.3, -0.25) is 0 Å². The Morgan fingerprint density at radius 3 is 1.85 bits per heavy atom. The molecule has 0 radical (unpaired) electrons. The largest absolute Gasteiger partial charge is 0.335 e. The van der Waals surface area contributed by atoms with E-state index in [9.17, 15) is 4.79 Å². The van der Waals surface area contributed by atoms with Crippen LogP contribution in [0, 0.1) is 0 Å². The summed E-state index contributed by atoms with van der Waals surface area (Å²) < 4.78 is 0. The van der Waals surface area contributed by atoms with Gasteiger partial charge in [0.2, 0.25) is 0 Å². The second kappa shape index (κ2) is 21.8. The number of likely N-dealkylation sites (tertiary alicyclic amines) is 1. The third-order valence-corrected chi connectivity index (χ3v) is 8.76. The molecule has 0 aromatic heterocycles. The van der Waals surface area contributed by atoms with E-state index >= 15 is 0 Å². The molecule has 6 heteroatoms. The molecule has 1 heterocycles. The molecule has 1 fully saturated rings. The minimum absolute atomic E-state index is 0.108. The number of benzene rings is 4. The third-order valence-electron chi connectivity index (χ3n) is 8.76. The molecule has 47 heavy (non-hydrogen) atoms. The molecule has 0 aliphatic carbocycles. The van der Waals surface area contributed by atoms with Crippen LogP contribution in [0.1, 0.15) is 68.9 Å². The quantitative estimate of drug-likeness (QED) is 0.0932. The molecule has 1 saturated heterocycles. The van der Waals surface area contributed by atoms with E-state index in [4.69, 9.17) is 5.73 Å². The molecule has 4 aromatic rings. The second-order valence-electron chi connectivity index (χ2n) is 12.5. The van der Waals surface area contributed by atoms with Crippen LogP contribution in [0.15, 0.2) is 115 Å². The molecule has 0 unspecified atom stereocenters. The van der Waals surface area contributed by atoms with Gasteiger partial charge in [-0.05, 0) is 61.5 Å². The lowest BCUT2D eigenvalue weighted by atomic mass is 10.0. The second-order valence-corrected chi connectivity index (χ2v) is 12.5. The lowest BCUT2D eigenvalue weighted by Crippen LogP contribution is -2.46. The van der Waals surface area contributed by atoms with Crippen LogP contribution < -0.4 is 21.7 Å². The van der Waals surface area contributed by atoms with Gasteiger partial charge in [0.05, 0.1) is 5.69 Å². The predicted octanol–water partition coefficient (Wildman–Crippen LogP) is 8.61. The van der Waals surface area contributed by atoms with E-state index < -0.39 is 0 Å². The molecule has 1 aliphatic rings. The molecule has 250 valence electrons. The van der Waals surface area contributed by atoms with Crippen LogP contribution in [0.5, 0.6) is 0 Å². The van der Waals surface area contributed by atoms with Crippen molar-refractivity contribution in [3.63, 3.8) is 0 Å². The van der Waals surface area contributed by atoms with Crippen molar-refractivity contribution in [2.75, 3.05) is 31.5 Å². The maximum Gasteiger partial charge on any atom is 0.319 e. The van der Waals surface area contributed by atoms with E-state index in [-0.39, 0.29) is 12.1 Å². The van der Waals surface area contributed by atoms with Crippen LogP contribution in [-0.4, -0.2) is 43.2 Å². The SMILES string of the molecule is NCc1ccccc1.O=C(Nc1ccccc1-c1ccccc1)NC1CCN(CCCCCCCCCNCc2ccccc2)CC1. The first kappa shape index (κ1) is 35.9. The van der Waals surface area contributed by atoms with Gasteiger partial charge < -0.3 is 26.6 Å². The zero-order valence-corrected chi connectivity index (χ0v) is 28.1. The van der Waals surface area contributed by atoms with Gasteiger partial charge >= 0.3 is 6.03 Å². The summed E-state index contributed by atoms with van der Waals surface area (Å²) in [6.45, 7) is 6.06. The number of nitrogens with zero attached hydrogens (tertiary/aromatic N) is 1. The van der Waals surface area contributed by atoms with Gasteiger partial charge in [0, 0.05) is 37.8 Å². The molecule has 5 rings (SSSR count). The summed E-state index contributed by atoms with van der Waals surface area (Å²) in [7, 11) is 0. The van der Waals surface area contributed by atoms with Gasteiger partial charge in [0.25, 0.3) is 0 Å². The zero-order chi connectivity index (χ0) is 32.8. The van der Waals surface area contributed by atoms with E-state index in [1.54, 1.807) is 0 Å². The van der Waals surface area contributed by atoms with Gasteiger partial charge in [0.15, 0.2) is 0 Å². The number of amides is 2. The predicted molar refractivity (Wildman–Crippen MR) is 198 cm³/mol. The molecular formula is C41H55N5O. The fourth-order valence-corrected chi connectivity index (χ4v) is 6.02. The number of piperidine rings is 1. The lowest BCUT2D eigenvalue weighted by Gasteiger charge is -2.32. The number of para-hydroxylation sites is 1. The number of carbonyl (C=O) groups is 1. The third kappa shape index (κ3) is 14.1. The van der Waals surface area contributed by atoms with Gasteiger partial charge in [-0.25, -0.2) is 4.79 Å². The number of hydrogen-bond donors (Lipinski definition) is 4. The van der Waals surface area contributed by atoms with Crippen LogP contribution >= 0.6 is 0 Å². The van der Waals surface area contributed by atoms with Crippen molar-refractivity contribution in [2.45, 2.75) is 76.9 Å². The summed E-state index contributed by atoms with van der Waals surface area (Å²) in [5, 5.41) is 9.83. The fraction of sp³-hybridized carbons (Fsp3) is 0.390. The average molecular weight is 634 g/mol. The van der Waals surface area contributed by atoms with E-state index in [2.05, 4.69) is 69.4 Å². The number of rotatable bonds is 16. The van der Waals surface area contributed by atoms with Crippen LogP contribution in [0.3, 0.4) is 0 Å². The molecule has 1 aliphatic heterocycles. The van der Waals surface area contributed by atoms with Crippen LogP contribution in [0.2, 0.25) is 0 Å². The molecule has 5 N–H and O–H groups in total. The van der Waals surface area contributed by atoms with Crippen LogP contribution in [0.4, 0.5) is 10.5 Å². The lowest BCUT2D eigenvalue weighted by molar-refractivity contribution is 0.193. The van der Waals surface area contributed by atoms with Crippen molar-refractivity contribution in [3.05, 3.63) is 126 Å². The Balaban J connectivity index is 0.000000546. The zero-order valence-electron chi connectivity index (χ0n) is 28.1. The van der Waals surface area contributed by atoms with E-state index in [0.29, 0.717) is 6.54 Å². The van der Waals surface area contributed by atoms with Crippen molar-refractivity contribution < 1.29 is 4.79 Å². The smallest absolute Gasteiger partial charge is 0.319 e. The van der Waals surface area contributed by atoms with Crippen molar-refractivity contribution >= 4 is 11.7 Å². The minimum atomic E-state index is -0.108. The number of urea groups is 1. The molecule has 4 aromatic carbocycles. The molecule has 0 spiro atoms. The van der Waals surface area contributed by atoms with Gasteiger partial charge in [-0.15, -0.1) is 0 Å². The Labute approximate surface area is 283 Å². The van der Waals surface area contributed by atoms with Crippen molar-refractivity contribution in [1.29, 1.82) is 0 Å². The first-order chi connectivity index (χ1) is 23.2. The molecule has 0 atom stereocenters. The first-order valence-corrected chi connectivity index (χ1v) is 17.6. The summed E-state index contributed by atoms with van der Waals surface area (Å²) >= 11 is 0. The molecule has 0 saturated carbocycles. The van der Waals surface area contributed by atoms with E-state index in [1.807, 2.05) is 66.7 Å². The highest BCUT2D eigenvalue weighted by Gasteiger charge is 2.20. The van der Waals surface area contributed by atoms with E-state index in [1.165, 1.54) is 62.6 Å². The number of unbranched alkanes of at least 4 members (excludes halogenated alkanes) is 6. The highest BCUT2D eigenvalue weighted by molar-refractivity contribution is 5.94. The fourth-order valence-electron chi connectivity index (χ4n) is 6.02. The number of carbonyl (C=O) groups excluding carboxylic acids is 1. The Bertz CT molecular complexity index is 1370. The minimum Gasteiger partial charge on any atom is -0.335 e. The standard InChI is InChI=1S/C34H46N4O.C7H9N/c39-34(37-33-21-13-12-20-32(33)30-18-10-7-11-19-30)36-31-22-26-38(27-23-31)25-15-5-3-1-2-4-14-24-35-28-29-16-8-6-9-17-29;8-6-7-4-2-1-3-5-7/h6-13,16-21,31,35H,1-5,14-15,22-28H2,(H2,36,37,39);1-5H,6,8H2. The van der Waals surface area contributed by atoms with E-state index in [0.717, 1.165) is 55.8 Å². The first-order valence-electron chi connectivity index (χ1n) is 17.6. The Morgan fingerprint density at radius 1 is 0.660 bits per heavy atom. The van der Waals surface area contributed by atoms with Crippen molar-refractivity contribution in [3.8, 4) is 11.1 Å². The Morgan fingerprint density at radius 2 is 1.21 bits per heavy atom. The molecule has 6 nitrogen and oxygen atoms in total. The molecule has 2 amide bonds. The summed E-state index contributed by atoms with van der Waals surface area (Å²) in [5.74, 6) is 0. The van der Waals surface area contributed by atoms with Crippen molar-refractivity contribution in [2.24, 2.45) is 5.73 Å². The number of anilines is 1. The number of hydrogen-bond acceptors (Lipinski definition) is 4. The summed E-state index contributed by atoms with van der Waals surface area (Å²) in [5.41, 5.74) is 10.9. The van der Waals surface area contributed by atoms with Gasteiger partial charge in [0.1, 0.15) is 0 Å². The van der Waals surface area contributed by atoms with Gasteiger partial charge in [-0.2, -0.15) is 0 Å². The Hall–Kier alpha value is -3.97. The normalized spacial score (nSPS) is 13.4. The number of nitrogens with one attached hydrogen (secondary N) is 3. The number of nitrogens with two attached hydrogens (primary N) is 1. The van der Waals surface area contributed by atoms with Gasteiger partial charge in [-0.1, -0.05) is 141 Å². The highest BCUT2D eigenvalue weighted by atomic mass is 16.2. The van der Waals surface area contributed by atoms with Crippen LogP contribution in [-0.2, 0) is 13.1 Å². The maximum atomic E-state index is 12.7. The monoisotopic (exact) mass is 633 g/mol. The summed E-state index contributed by atoms with van der Waals surface area (Å²) in [4.78, 5) is 15.3. The average Bonchev–Trinajstić information content (AvgIpc) is 3.13.